The average molecular weight is 280 g/mol. The molecule has 1 saturated heterocycles. The molecule has 0 aromatic rings. The van der Waals surface area contributed by atoms with E-state index in [2.05, 4.69) is 37.9 Å². The van der Waals surface area contributed by atoms with Crippen LogP contribution in [0.15, 0.2) is 0 Å². The van der Waals surface area contributed by atoms with Gasteiger partial charge in [0.25, 0.3) is 0 Å². The van der Waals surface area contributed by atoms with Crippen molar-refractivity contribution in [2.45, 2.75) is 90.1 Å². The van der Waals surface area contributed by atoms with Crippen LogP contribution in [-0.2, 0) is 0 Å². The lowest BCUT2D eigenvalue weighted by Crippen LogP contribution is -2.70. The fourth-order valence-corrected chi connectivity index (χ4v) is 4.24. The summed E-state index contributed by atoms with van der Waals surface area (Å²) >= 11 is 0. The van der Waals surface area contributed by atoms with Gasteiger partial charge in [-0.15, -0.1) is 0 Å². The maximum Gasteiger partial charge on any atom is 0.0335 e. The number of hydrogen-bond donors (Lipinski definition) is 1. The first-order chi connectivity index (χ1) is 9.60. The van der Waals surface area contributed by atoms with E-state index < -0.39 is 0 Å². The molecule has 1 unspecified atom stereocenters. The lowest BCUT2D eigenvalue weighted by molar-refractivity contribution is -0.0298. The van der Waals surface area contributed by atoms with Crippen LogP contribution in [0.1, 0.15) is 79.1 Å². The molecule has 2 nitrogen and oxygen atoms in total. The van der Waals surface area contributed by atoms with Crippen molar-refractivity contribution in [3.05, 3.63) is 0 Å². The van der Waals surface area contributed by atoms with E-state index in [-0.39, 0.29) is 0 Å². The van der Waals surface area contributed by atoms with Gasteiger partial charge >= 0.3 is 0 Å². The average Bonchev–Trinajstić information content (AvgIpc) is 2.51. The maximum atomic E-state index is 3.97. The molecule has 0 aromatic carbocycles. The van der Waals surface area contributed by atoms with Crippen LogP contribution >= 0.6 is 0 Å². The molecule has 1 heterocycles. The van der Waals surface area contributed by atoms with Crippen LogP contribution in [0.5, 0.6) is 0 Å². The predicted molar refractivity (Wildman–Crippen MR) is 88.2 cm³/mol. The Hall–Kier alpha value is -0.0800. The van der Waals surface area contributed by atoms with Crippen molar-refractivity contribution in [3.63, 3.8) is 0 Å². The molecule has 0 radical (unpaired) electrons. The summed E-state index contributed by atoms with van der Waals surface area (Å²) in [4.78, 5) is 2.91. The Morgan fingerprint density at radius 2 is 1.70 bits per heavy atom. The zero-order valence-corrected chi connectivity index (χ0v) is 14.3. The maximum absolute atomic E-state index is 3.97. The standard InChI is InChI=1S/C18H36N2/c1-5-16(4)13-20-15-17(6-2,7-3)19-14-18(20)11-9-8-10-12-18/h16,19H,5-15H2,1-4H3. The van der Waals surface area contributed by atoms with Crippen LogP contribution in [-0.4, -0.2) is 35.6 Å². The van der Waals surface area contributed by atoms with Crippen molar-refractivity contribution in [3.8, 4) is 0 Å². The SMILES string of the molecule is CCC(C)CN1CC(CC)(CC)NCC12CCCCC2. The minimum Gasteiger partial charge on any atom is -0.308 e. The van der Waals surface area contributed by atoms with E-state index in [1.807, 2.05) is 0 Å². The van der Waals surface area contributed by atoms with Gasteiger partial charge in [0.1, 0.15) is 0 Å². The highest BCUT2D eigenvalue weighted by atomic mass is 15.3. The summed E-state index contributed by atoms with van der Waals surface area (Å²) < 4.78 is 0. The van der Waals surface area contributed by atoms with Crippen LogP contribution in [0, 0.1) is 5.92 Å². The molecular weight excluding hydrogens is 244 g/mol. The first-order valence-corrected chi connectivity index (χ1v) is 9.10. The fraction of sp³-hybridized carbons (Fsp3) is 1.00. The van der Waals surface area contributed by atoms with Gasteiger partial charge < -0.3 is 5.32 Å². The van der Waals surface area contributed by atoms with Crippen molar-refractivity contribution >= 4 is 0 Å². The summed E-state index contributed by atoms with van der Waals surface area (Å²) in [6.45, 7) is 13.3. The monoisotopic (exact) mass is 280 g/mol. The second kappa shape index (κ2) is 6.79. The highest BCUT2D eigenvalue weighted by Crippen LogP contribution is 2.39. The quantitative estimate of drug-likeness (QED) is 0.812. The largest absolute Gasteiger partial charge is 0.308 e. The van der Waals surface area contributed by atoms with E-state index in [0.29, 0.717) is 11.1 Å². The lowest BCUT2D eigenvalue weighted by Gasteiger charge is -2.56. The van der Waals surface area contributed by atoms with Gasteiger partial charge in [-0.05, 0) is 31.6 Å². The summed E-state index contributed by atoms with van der Waals surface area (Å²) in [5.41, 5.74) is 0.853. The molecule has 2 aliphatic rings. The molecular formula is C18H36N2. The Morgan fingerprint density at radius 1 is 1.05 bits per heavy atom. The second-order valence-electron chi connectivity index (χ2n) is 7.52. The molecule has 20 heavy (non-hydrogen) atoms. The summed E-state index contributed by atoms with van der Waals surface area (Å²) in [5.74, 6) is 0.832. The van der Waals surface area contributed by atoms with E-state index in [1.165, 1.54) is 71.0 Å². The summed E-state index contributed by atoms with van der Waals surface area (Å²) in [6.07, 6.45) is 11.0. The Labute approximate surface area is 126 Å². The van der Waals surface area contributed by atoms with Gasteiger partial charge in [0.2, 0.25) is 0 Å². The molecule has 1 aliphatic carbocycles. The van der Waals surface area contributed by atoms with Crippen LogP contribution in [0.4, 0.5) is 0 Å². The first kappa shape index (κ1) is 16.3. The van der Waals surface area contributed by atoms with E-state index >= 15 is 0 Å². The topological polar surface area (TPSA) is 15.3 Å². The van der Waals surface area contributed by atoms with Gasteiger partial charge in [0.15, 0.2) is 0 Å². The number of rotatable bonds is 5. The molecule has 2 rings (SSSR count). The lowest BCUT2D eigenvalue weighted by atomic mass is 9.75. The van der Waals surface area contributed by atoms with Crippen LogP contribution in [0.2, 0.25) is 0 Å². The third-order valence-electron chi connectivity index (χ3n) is 6.32. The number of piperazine rings is 1. The number of hydrogen-bond acceptors (Lipinski definition) is 2. The third-order valence-corrected chi connectivity index (χ3v) is 6.32. The Bertz CT molecular complexity index is 290. The molecule has 2 heteroatoms. The molecule has 1 aliphatic heterocycles. The van der Waals surface area contributed by atoms with Gasteiger partial charge in [-0.2, -0.15) is 0 Å². The van der Waals surface area contributed by atoms with Crippen molar-refractivity contribution < 1.29 is 0 Å². The van der Waals surface area contributed by atoms with Crippen molar-refractivity contribution in [2.24, 2.45) is 5.92 Å². The van der Waals surface area contributed by atoms with Gasteiger partial charge in [-0.3, -0.25) is 4.90 Å². The normalized spacial score (nSPS) is 27.6. The molecule has 1 spiro atoms. The van der Waals surface area contributed by atoms with E-state index in [9.17, 15) is 0 Å². The van der Waals surface area contributed by atoms with Crippen LogP contribution < -0.4 is 5.32 Å². The molecule has 0 amide bonds. The third kappa shape index (κ3) is 3.22. The molecule has 1 saturated carbocycles. The molecule has 0 bridgehead atoms. The zero-order chi connectivity index (χ0) is 14.6. The molecule has 0 aromatic heterocycles. The zero-order valence-electron chi connectivity index (χ0n) is 14.3. The van der Waals surface area contributed by atoms with Crippen molar-refractivity contribution in [2.75, 3.05) is 19.6 Å². The molecule has 1 atom stereocenters. The molecule has 1 N–H and O–H groups in total. The summed E-state index contributed by atoms with van der Waals surface area (Å²) in [6, 6.07) is 0. The van der Waals surface area contributed by atoms with Crippen LogP contribution in [0.3, 0.4) is 0 Å². The number of nitrogens with zero attached hydrogens (tertiary/aromatic N) is 1. The van der Waals surface area contributed by atoms with Crippen LogP contribution in [0.25, 0.3) is 0 Å². The summed E-state index contributed by atoms with van der Waals surface area (Å²) in [5, 5.41) is 3.97. The smallest absolute Gasteiger partial charge is 0.0335 e. The van der Waals surface area contributed by atoms with E-state index in [0.717, 1.165) is 5.92 Å². The van der Waals surface area contributed by atoms with Gasteiger partial charge in [0, 0.05) is 30.7 Å². The first-order valence-electron chi connectivity index (χ1n) is 9.10. The van der Waals surface area contributed by atoms with Gasteiger partial charge in [-0.1, -0.05) is 53.4 Å². The van der Waals surface area contributed by atoms with E-state index in [4.69, 9.17) is 0 Å². The van der Waals surface area contributed by atoms with Gasteiger partial charge in [-0.25, -0.2) is 0 Å². The second-order valence-corrected chi connectivity index (χ2v) is 7.52. The minimum atomic E-state index is 0.371. The molecule has 2 fully saturated rings. The fourth-order valence-electron chi connectivity index (χ4n) is 4.24. The van der Waals surface area contributed by atoms with Gasteiger partial charge in [0.05, 0.1) is 0 Å². The van der Waals surface area contributed by atoms with Crippen molar-refractivity contribution in [1.82, 2.24) is 10.2 Å². The van der Waals surface area contributed by atoms with Crippen molar-refractivity contribution in [1.29, 1.82) is 0 Å². The number of nitrogens with one attached hydrogen (secondary N) is 1. The minimum absolute atomic E-state index is 0.371. The highest BCUT2D eigenvalue weighted by molar-refractivity contribution is 5.05. The Kier molecular flexibility index (Phi) is 5.53. The summed E-state index contributed by atoms with van der Waals surface area (Å²) in [7, 11) is 0. The Balaban J connectivity index is 2.15. The Morgan fingerprint density at radius 3 is 2.25 bits per heavy atom. The molecule has 118 valence electrons. The predicted octanol–water partition coefficient (Wildman–Crippen LogP) is 4.20. The van der Waals surface area contributed by atoms with E-state index in [1.54, 1.807) is 0 Å². The highest BCUT2D eigenvalue weighted by Gasteiger charge is 2.46.